The number of halogens is 5. The molecule has 2 amide bonds. The van der Waals surface area contributed by atoms with Gasteiger partial charge in [-0.05, 0) is 147 Å². The molecule has 4 atom stereocenters. The van der Waals surface area contributed by atoms with Crippen molar-refractivity contribution >= 4 is 141 Å². The molecule has 0 spiro atoms. The number of hydrogen-bond acceptors (Lipinski definition) is 14. The molecule has 0 unspecified atom stereocenters. The number of aryl methyl sites for hydroxylation is 2. The number of phenolic OH excluding ortho intramolecular Hbond substituents is 1. The van der Waals surface area contributed by atoms with Crippen LogP contribution in [0.2, 0.25) is 10.0 Å². The van der Waals surface area contributed by atoms with Crippen molar-refractivity contribution in [1.29, 1.82) is 0 Å². The normalized spacial score (nSPS) is 16.1. The van der Waals surface area contributed by atoms with E-state index in [-0.39, 0.29) is 71.6 Å². The molecular formula is C73H80BBr3Cl2N12O6. The van der Waals surface area contributed by atoms with Crippen LogP contribution in [0.4, 0.5) is 11.6 Å². The first-order chi connectivity index (χ1) is 45.3. The highest BCUT2D eigenvalue weighted by Crippen LogP contribution is 2.42. The molecular weight excluding hydrogens is 1460 g/mol. The number of carbonyl (C=O) groups excluding carboxylic acids is 2. The van der Waals surface area contributed by atoms with Crippen LogP contribution in [0, 0.1) is 13.8 Å². The molecule has 0 aliphatic carbocycles. The Morgan fingerprint density at radius 1 is 0.588 bits per heavy atom. The fourth-order valence-electron chi connectivity index (χ4n) is 12.8. The van der Waals surface area contributed by atoms with E-state index in [1.807, 2.05) is 153 Å². The SMILES string of the molecule is BrB(Br)Br.C.C.C=CC(=O)N1C[C@H](C)N(c2nc(=O)n(-c3c(C)ccnc3C(C)C)c3nc(-c4cc(O)cc5ccccc45)c(Cl)cc23)C[C@H]1C.C=CC(=O)N1C[C@H](C)N(c2nc(=O)n(-c3c(C)ccnc3C(C)C)c3nc(-c4cc(OC)cc5ccccc45)c(Cl)cc23)C[C@H]1C. The van der Waals surface area contributed by atoms with Crippen LogP contribution in [-0.4, -0.2) is 126 Å². The predicted molar refractivity (Wildman–Crippen MR) is 410 cm³/mol. The van der Waals surface area contributed by atoms with E-state index in [1.54, 1.807) is 52.1 Å². The second kappa shape index (κ2) is 31.2. The lowest BCUT2D eigenvalue weighted by Gasteiger charge is -2.44. The van der Waals surface area contributed by atoms with Gasteiger partial charge in [-0.25, -0.2) is 28.7 Å². The molecule has 0 bridgehead atoms. The zero-order valence-corrected chi connectivity index (χ0v) is 60.8. The van der Waals surface area contributed by atoms with E-state index < -0.39 is 11.4 Å². The smallest absolute Gasteiger partial charge is 0.369 e. The predicted octanol–water partition coefficient (Wildman–Crippen LogP) is 16.5. The summed E-state index contributed by atoms with van der Waals surface area (Å²) in [5, 5.41) is 16.2. The van der Waals surface area contributed by atoms with Crippen molar-refractivity contribution in [2.45, 2.75) is 120 Å². The molecule has 2 aliphatic heterocycles. The van der Waals surface area contributed by atoms with E-state index in [0.29, 0.717) is 104 Å². The second-order valence-corrected chi connectivity index (χ2v) is 31.7. The van der Waals surface area contributed by atoms with E-state index in [4.69, 9.17) is 42.9 Å². The minimum Gasteiger partial charge on any atom is -0.508 e. The zero-order valence-electron chi connectivity index (χ0n) is 54.6. The van der Waals surface area contributed by atoms with Crippen molar-refractivity contribution in [3.63, 3.8) is 0 Å². The fourth-order valence-corrected chi connectivity index (χ4v) is 13.3. The number of pyridine rings is 4. The third kappa shape index (κ3) is 15.0. The molecule has 0 radical (unpaired) electrons. The van der Waals surface area contributed by atoms with Gasteiger partial charge in [-0.1, -0.05) is 127 Å². The van der Waals surface area contributed by atoms with Crippen molar-refractivity contribution in [2.75, 3.05) is 43.1 Å². The Hall–Kier alpha value is -8.02. The van der Waals surface area contributed by atoms with Crippen LogP contribution >= 0.6 is 70.5 Å². The Morgan fingerprint density at radius 2 is 0.979 bits per heavy atom. The van der Waals surface area contributed by atoms with Gasteiger partial charge < -0.3 is 29.4 Å². The van der Waals surface area contributed by atoms with Crippen molar-refractivity contribution in [2.24, 2.45) is 0 Å². The monoisotopic (exact) mass is 1540 g/mol. The molecule has 6 aromatic heterocycles. The van der Waals surface area contributed by atoms with Crippen molar-refractivity contribution in [3.8, 4) is 45.4 Å². The molecule has 18 nitrogen and oxygen atoms in total. The Kier molecular flexibility index (Phi) is 24.1. The summed E-state index contributed by atoms with van der Waals surface area (Å²) >= 11 is 23.5. The third-order valence-electron chi connectivity index (χ3n) is 17.3. The number of anilines is 2. The maximum absolute atomic E-state index is 14.3. The summed E-state index contributed by atoms with van der Waals surface area (Å²) in [5.41, 5.74) is 6.72. The first-order valence-corrected chi connectivity index (χ1v) is 34.6. The number of carbonyl (C=O) groups is 2. The summed E-state index contributed by atoms with van der Waals surface area (Å²) in [4.78, 5) is 90.4. The van der Waals surface area contributed by atoms with Crippen LogP contribution in [0.25, 0.3) is 77.5 Å². The Balaban J connectivity index is 0.000000230. The van der Waals surface area contributed by atoms with Gasteiger partial charge in [0.05, 0.1) is 62.1 Å². The topological polar surface area (TPSA) is 198 Å². The number of rotatable bonds is 11. The van der Waals surface area contributed by atoms with Gasteiger partial charge in [0, 0.05) is 73.9 Å². The molecule has 97 heavy (non-hydrogen) atoms. The van der Waals surface area contributed by atoms with Gasteiger partial charge in [0.2, 0.25) is 11.8 Å². The maximum atomic E-state index is 14.3. The van der Waals surface area contributed by atoms with Gasteiger partial charge in [-0.15, -0.1) is 47.3 Å². The molecule has 24 heteroatoms. The van der Waals surface area contributed by atoms with E-state index in [9.17, 15) is 24.3 Å². The quantitative estimate of drug-likeness (QED) is 0.0947. The minimum absolute atomic E-state index is 0. The molecule has 2 fully saturated rings. The highest BCUT2D eigenvalue weighted by Gasteiger charge is 2.37. The van der Waals surface area contributed by atoms with Crippen molar-refractivity contribution in [1.82, 2.24) is 48.8 Å². The summed E-state index contributed by atoms with van der Waals surface area (Å²) in [7, 11) is 1.63. The van der Waals surface area contributed by atoms with E-state index in [1.165, 1.54) is 16.7 Å². The number of amides is 2. The summed E-state index contributed by atoms with van der Waals surface area (Å²) in [6.07, 6.45) is 6.16. The van der Waals surface area contributed by atoms with Crippen molar-refractivity contribution < 1.29 is 19.4 Å². The van der Waals surface area contributed by atoms with E-state index in [2.05, 4.69) is 80.3 Å². The van der Waals surface area contributed by atoms with E-state index in [0.717, 1.165) is 49.6 Å². The van der Waals surface area contributed by atoms with E-state index >= 15 is 0 Å². The molecule has 12 rings (SSSR count). The number of aromatic hydroxyl groups is 1. The number of benzene rings is 4. The first kappa shape index (κ1) is 74.8. The van der Waals surface area contributed by atoms with Crippen LogP contribution < -0.4 is 25.9 Å². The number of phenols is 1. The molecule has 1 N–H and O–H groups in total. The average Bonchev–Trinajstić information content (AvgIpc) is 0.738. The van der Waals surface area contributed by atoms with Gasteiger partial charge in [0.1, 0.15) is 23.1 Å². The van der Waals surface area contributed by atoms with Crippen LogP contribution in [0.3, 0.4) is 0 Å². The molecule has 0 saturated carbocycles. The molecule has 10 aromatic rings. The average molecular weight is 1540 g/mol. The zero-order chi connectivity index (χ0) is 68.6. The standard InChI is InChI=1S/C36H37ClN6O3.C35H35ClN6O3.2CH4.BBr3/c1-8-30(44)41-18-23(6)42(19-22(41)5)34-28-17-29(37)32(27-16-25(46-7)15-24-11-9-10-12-26(24)27)39-35(28)43(36(45)40-34)33-21(4)13-14-38-31(33)20(2)3;1-7-29(44)40-17-22(6)41(18-21(40)5)33-27-16-28(36)31(26-15-24(43)14-23-10-8-9-11-25(23)26)38-34(27)42(35(45)39-33)32-20(4)12-13-37-30(32)19(2)3;;;2-1(3)4/h8-17,20,22-23H,1,18-19H2,2-7H3;7-16,19,21-22,43H,1,17-18H2,2-6H3;2*1H4;/t22-,23+;21-,22+;;;/m11.../s1. The van der Waals surface area contributed by atoms with Crippen LogP contribution in [-0.2, 0) is 9.59 Å². The Labute approximate surface area is 601 Å². The highest BCUT2D eigenvalue weighted by atomic mass is 79.9. The lowest BCUT2D eigenvalue weighted by atomic mass is 10.0. The first-order valence-electron chi connectivity index (χ1n) is 31.1. The Bertz CT molecular complexity index is 4800. The number of aromatic nitrogens is 8. The summed E-state index contributed by atoms with van der Waals surface area (Å²) in [6.45, 7) is 29.1. The maximum Gasteiger partial charge on any atom is 0.369 e. The summed E-state index contributed by atoms with van der Waals surface area (Å²) < 4.78 is 9.03. The minimum atomic E-state index is -0.499. The number of piperazine rings is 2. The molecule has 2 aliphatic rings. The van der Waals surface area contributed by atoms with Crippen LogP contribution in [0.5, 0.6) is 11.5 Å². The molecule has 2 saturated heterocycles. The number of hydrogen-bond donors (Lipinski definition) is 1. The fraction of sp³-hybridized carbons (Fsp3) is 0.315. The third-order valence-corrected chi connectivity index (χ3v) is 17.9. The largest absolute Gasteiger partial charge is 0.508 e. The van der Waals surface area contributed by atoms with Gasteiger partial charge in [-0.2, -0.15) is 9.97 Å². The lowest BCUT2D eigenvalue weighted by Crippen LogP contribution is -2.58. The number of nitrogens with zero attached hydrogens (tertiary/aromatic N) is 12. The molecule has 8 heterocycles. The van der Waals surface area contributed by atoms with Crippen LogP contribution in [0.1, 0.15) is 105 Å². The summed E-state index contributed by atoms with van der Waals surface area (Å²) in [5.74, 6) is 1.45. The van der Waals surface area contributed by atoms with Gasteiger partial charge in [0.15, 0.2) is 11.3 Å². The lowest BCUT2D eigenvalue weighted by molar-refractivity contribution is -0.129. The number of ether oxygens (including phenoxy) is 1. The highest BCUT2D eigenvalue weighted by molar-refractivity contribution is 9.69. The number of fused-ring (bicyclic) bond motifs is 4. The van der Waals surface area contributed by atoms with Gasteiger partial charge in [-0.3, -0.25) is 19.6 Å². The van der Waals surface area contributed by atoms with Gasteiger partial charge >= 0.3 is 14.6 Å². The molecule has 4 aromatic carbocycles. The number of methoxy groups -OCH3 is 1. The van der Waals surface area contributed by atoms with Crippen molar-refractivity contribution in [3.05, 3.63) is 188 Å². The Morgan fingerprint density at radius 3 is 1.37 bits per heavy atom. The van der Waals surface area contributed by atoms with Gasteiger partial charge in [0.25, 0.3) is 0 Å². The molecule has 506 valence electrons. The summed E-state index contributed by atoms with van der Waals surface area (Å²) in [6, 6.07) is 29.7. The van der Waals surface area contributed by atoms with Crippen LogP contribution in [0.15, 0.2) is 144 Å². The second-order valence-electron chi connectivity index (χ2n) is 24.5.